The van der Waals surface area contributed by atoms with Crippen LogP contribution in [0.4, 0.5) is 0 Å². The maximum atomic E-state index is 12.1. The van der Waals surface area contributed by atoms with E-state index in [1.54, 1.807) is 19.1 Å². The molecule has 2 aliphatic rings. The van der Waals surface area contributed by atoms with E-state index in [2.05, 4.69) is 5.32 Å². The summed E-state index contributed by atoms with van der Waals surface area (Å²) in [5, 5.41) is 22.1. The average molecular weight is 279 g/mol. The highest BCUT2D eigenvalue weighted by Crippen LogP contribution is 2.27. The second-order valence-corrected chi connectivity index (χ2v) is 5.24. The standard InChI is InChI=1S/C14H17NO5/c1-7-2-3-8(4-10(7)16)14(18)15-9-5-19-13-11(17)6-20-12(9)13/h2-4,9,11-13,16-17H,5-6H2,1H3,(H,15,18)/t9-,11+,12+,13+/m0/s1. The Labute approximate surface area is 116 Å². The zero-order valence-electron chi connectivity index (χ0n) is 11.1. The number of carbonyl (C=O) groups is 1. The number of nitrogens with one attached hydrogen (secondary N) is 1. The first kappa shape index (κ1) is 13.4. The zero-order valence-corrected chi connectivity index (χ0v) is 11.1. The SMILES string of the molecule is Cc1ccc(C(=O)N[C@H]2CO[C@H]3[C@@H]2OC[C@H]3O)cc1O. The number of aliphatic hydroxyl groups excluding tert-OH is 1. The highest BCUT2D eigenvalue weighted by atomic mass is 16.6. The van der Waals surface area contributed by atoms with Crippen LogP contribution in [0.2, 0.25) is 0 Å². The van der Waals surface area contributed by atoms with Gasteiger partial charge in [0.05, 0.1) is 19.3 Å². The molecule has 3 rings (SSSR count). The molecule has 0 saturated carbocycles. The molecule has 0 aliphatic carbocycles. The minimum absolute atomic E-state index is 0.0886. The fourth-order valence-electron chi connectivity index (χ4n) is 2.61. The second-order valence-electron chi connectivity index (χ2n) is 5.24. The number of hydrogen-bond acceptors (Lipinski definition) is 5. The second kappa shape index (κ2) is 5.05. The van der Waals surface area contributed by atoms with Crippen molar-refractivity contribution in [3.8, 4) is 5.75 Å². The number of carbonyl (C=O) groups excluding carboxylic acids is 1. The molecule has 2 fully saturated rings. The van der Waals surface area contributed by atoms with Gasteiger partial charge in [-0.1, -0.05) is 6.07 Å². The number of hydrogen-bond donors (Lipinski definition) is 3. The molecule has 2 heterocycles. The smallest absolute Gasteiger partial charge is 0.251 e. The van der Waals surface area contributed by atoms with Crippen LogP contribution in [-0.4, -0.2) is 53.7 Å². The largest absolute Gasteiger partial charge is 0.508 e. The fourth-order valence-corrected chi connectivity index (χ4v) is 2.61. The Hall–Kier alpha value is -1.63. The van der Waals surface area contributed by atoms with Crippen molar-refractivity contribution >= 4 is 5.91 Å². The molecule has 0 bridgehead atoms. The first-order valence-electron chi connectivity index (χ1n) is 6.58. The molecule has 108 valence electrons. The Bertz CT molecular complexity index is 532. The van der Waals surface area contributed by atoms with Gasteiger partial charge in [0.1, 0.15) is 24.1 Å². The quantitative estimate of drug-likeness (QED) is 0.707. The first-order valence-corrected chi connectivity index (χ1v) is 6.58. The molecule has 6 heteroatoms. The van der Waals surface area contributed by atoms with E-state index in [0.717, 1.165) is 0 Å². The molecule has 4 atom stereocenters. The first-order chi connectivity index (χ1) is 9.56. The molecule has 2 aliphatic heterocycles. The van der Waals surface area contributed by atoms with Crippen molar-refractivity contribution < 1.29 is 24.5 Å². The van der Waals surface area contributed by atoms with Crippen LogP contribution < -0.4 is 5.32 Å². The van der Waals surface area contributed by atoms with Gasteiger partial charge in [0, 0.05) is 5.56 Å². The Morgan fingerprint density at radius 1 is 1.30 bits per heavy atom. The summed E-state index contributed by atoms with van der Waals surface area (Å²) in [5.41, 5.74) is 1.10. The van der Waals surface area contributed by atoms with Crippen molar-refractivity contribution in [3.05, 3.63) is 29.3 Å². The van der Waals surface area contributed by atoms with Crippen LogP contribution in [0, 0.1) is 6.92 Å². The maximum absolute atomic E-state index is 12.1. The summed E-state index contributed by atoms with van der Waals surface area (Å²) in [6.45, 7) is 2.31. The molecule has 2 saturated heterocycles. The minimum Gasteiger partial charge on any atom is -0.508 e. The van der Waals surface area contributed by atoms with Gasteiger partial charge in [-0.2, -0.15) is 0 Å². The molecule has 3 N–H and O–H groups in total. The van der Waals surface area contributed by atoms with Gasteiger partial charge in [-0.05, 0) is 24.6 Å². The van der Waals surface area contributed by atoms with Crippen LogP contribution in [0.5, 0.6) is 5.75 Å². The van der Waals surface area contributed by atoms with E-state index in [1.807, 2.05) is 0 Å². The summed E-state index contributed by atoms with van der Waals surface area (Å²) < 4.78 is 10.9. The van der Waals surface area contributed by atoms with Crippen LogP contribution in [0.3, 0.4) is 0 Å². The normalized spacial score (nSPS) is 32.1. The van der Waals surface area contributed by atoms with Crippen LogP contribution in [0.25, 0.3) is 0 Å². The molecule has 0 aromatic heterocycles. The van der Waals surface area contributed by atoms with Crippen LogP contribution in [0.15, 0.2) is 18.2 Å². The van der Waals surface area contributed by atoms with E-state index in [9.17, 15) is 15.0 Å². The molecule has 1 aromatic carbocycles. The lowest BCUT2D eigenvalue weighted by Crippen LogP contribution is -2.44. The highest BCUT2D eigenvalue weighted by Gasteiger charge is 2.47. The summed E-state index contributed by atoms with van der Waals surface area (Å²) >= 11 is 0. The third-order valence-corrected chi connectivity index (χ3v) is 3.82. The van der Waals surface area contributed by atoms with Gasteiger partial charge in [0.25, 0.3) is 5.91 Å². The summed E-state index contributed by atoms with van der Waals surface area (Å²) in [6, 6.07) is 4.49. The van der Waals surface area contributed by atoms with Gasteiger partial charge in [-0.15, -0.1) is 0 Å². The molecule has 1 aromatic rings. The van der Waals surface area contributed by atoms with Gasteiger partial charge in [-0.3, -0.25) is 4.79 Å². The van der Waals surface area contributed by atoms with E-state index in [1.165, 1.54) is 6.07 Å². The molecular formula is C14H17NO5. The number of aryl methyl sites for hydroxylation is 1. The molecule has 20 heavy (non-hydrogen) atoms. The molecular weight excluding hydrogens is 262 g/mol. The van der Waals surface area contributed by atoms with Crippen molar-refractivity contribution in [1.29, 1.82) is 0 Å². The van der Waals surface area contributed by atoms with Gasteiger partial charge in [-0.25, -0.2) is 0 Å². The van der Waals surface area contributed by atoms with E-state index in [-0.39, 0.29) is 36.5 Å². The van der Waals surface area contributed by atoms with Crippen LogP contribution >= 0.6 is 0 Å². The number of fused-ring (bicyclic) bond motifs is 1. The molecule has 0 unspecified atom stereocenters. The Kier molecular flexibility index (Phi) is 3.37. The van der Waals surface area contributed by atoms with Crippen molar-refractivity contribution in [1.82, 2.24) is 5.32 Å². The molecule has 1 amide bonds. The average Bonchev–Trinajstić information content (AvgIpc) is 2.97. The van der Waals surface area contributed by atoms with Crippen LogP contribution in [0.1, 0.15) is 15.9 Å². The predicted octanol–water partition coefficient (Wildman–Crippen LogP) is -0.0425. The van der Waals surface area contributed by atoms with Crippen molar-refractivity contribution in [2.45, 2.75) is 31.3 Å². The fraction of sp³-hybridized carbons (Fsp3) is 0.500. The van der Waals surface area contributed by atoms with Gasteiger partial charge < -0.3 is 25.0 Å². The highest BCUT2D eigenvalue weighted by molar-refractivity contribution is 5.95. The van der Waals surface area contributed by atoms with Crippen molar-refractivity contribution in [3.63, 3.8) is 0 Å². The minimum atomic E-state index is -0.634. The van der Waals surface area contributed by atoms with Crippen molar-refractivity contribution in [2.24, 2.45) is 0 Å². The van der Waals surface area contributed by atoms with Crippen molar-refractivity contribution in [2.75, 3.05) is 13.2 Å². The summed E-state index contributed by atoms with van der Waals surface area (Å²) in [7, 11) is 0. The van der Waals surface area contributed by atoms with E-state index < -0.39 is 6.10 Å². The Morgan fingerprint density at radius 3 is 2.80 bits per heavy atom. The molecule has 0 radical (unpaired) electrons. The molecule has 0 spiro atoms. The summed E-state index contributed by atoms with van der Waals surface area (Å²) in [4.78, 5) is 12.1. The number of amides is 1. The van der Waals surface area contributed by atoms with Crippen LogP contribution in [-0.2, 0) is 9.47 Å². The zero-order chi connectivity index (χ0) is 14.3. The number of benzene rings is 1. The maximum Gasteiger partial charge on any atom is 0.251 e. The predicted molar refractivity (Wildman–Crippen MR) is 69.6 cm³/mol. The number of phenols is 1. The lowest BCUT2D eigenvalue weighted by atomic mass is 10.1. The lowest BCUT2D eigenvalue weighted by molar-refractivity contribution is 0.0178. The third-order valence-electron chi connectivity index (χ3n) is 3.82. The van der Waals surface area contributed by atoms with Gasteiger partial charge in [0.2, 0.25) is 0 Å². The Morgan fingerprint density at radius 2 is 2.05 bits per heavy atom. The topological polar surface area (TPSA) is 88.0 Å². The van der Waals surface area contributed by atoms with Gasteiger partial charge >= 0.3 is 0 Å². The monoisotopic (exact) mass is 279 g/mol. The third kappa shape index (κ3) is 2.26. The number of rotatable bonds is 2. The summed E-state index contributed by atoms with van der Waals surface area (Å²) in [5.74, 6) is -0.203. The van der Waals surface area contributed by atoms with Gasteiger partial charge in [0.15, 0.2) is 0 Å². The number of ether oxygens (including phenoxy) is 2. The van der Waals surface area contributed by atoms with E-state index >= 15 is 0 Å². The van der Waals surface area contributed by atoms with E-state index in [0.29, 0.717) is 17.7 Å². The van der Waals surface area contributed by atoms with E-state index in [4.69, 9.17) is 9.47 Å². The summed E-state index contributed by atoms with van der Waals surface area (Å²) in [6.07, 6.45) is -1.31. The number of aromatic hydroxyl groups is 1. The Balaban J connectivity index is 1.69. The number of phenolic OH excluding ortho intramolecular Hbond substituents is 1. The molecule has 6 nitrogen and oxygen atoms in total. The number of aliphatic hydroxyl groups is 1. The lowest BCUT2D eigenvalue weighted by Gasteiger charge is -2.17.